The first-order valence-electron chi connectivity index (χ1n) is 7.19. The molecule has 1 heterocycles. The summed E-state index contributed by atoms with van der Waals surface area (Å²) in [5.41, 5.74) is 8.63. The Kier molecular flexibility index (Phi) is 4.79. The molecule has 0 aromatic heterocycles. The standard InChI is InChI=1S/C16H26N2/c1-13(8-9-17)14-5-3-6-15(11-14)16-7-4-10-18(2)12-16/h3,5-6,11,13,16H,4,7-10,12,17H2,1-2H3. The minimum Gasteiger partial charge on any atom is -0.330 e. The third-order valence-electron chi connectivity index (χ3n) is 4.18. The van der Waals surface area contributed by atoms with E-state index in [1.807, 2.05) is 0 Å². The van der Waals surface area contributed by atoms with Gasteiger partial charge in [0.2, 0.25) is 0 Å². The second kappa shape index (κ2) is 6.35. The monoisotopic (exact) mass is 246 g/mol. The topological polar surface area (TPSA) is 29.3 Å². The number of nitrogens with zero attached hydrogens (tertiary/aromatic N) is 1. The van der Waals surface area contributed by atoms with E-state index in [1.165, 1.54) is 37.1 Å². The number of hydrogen-bond acceptors (Lipinski definition) is 2. The number of likely N-dealkylation sites (tertiary alicyclic amines) is 1. The Hall–Kier alpha value is -0.860. The fraction of sp³-hybridized carbons (Fsp3) is 0.625. The van der Waals surface area contributed by atoms with Crippen molar-refractivity contribution in [3.05, 3.63) is 35.4 Å². The van der Waals surface area contributed by atoms with Crippen LogP contribution in [0.4, 0.5) is 0 Å². The van der Waals surface area contributed by atoms with Crippen molar-refractivity contribution in [2.24, 2.45) is 5.73 Å². The van der Waals surface area contributed by atoms with Gasteiger partial charge in [-0.2, -0.15) is 0 Å². The highest BCUT2D eigenvalue weighted by molar-refractivity contribution is 5.29. The number of nitrogens with two attached hydrogens (primary N) is 1. The first kappa shape index (κ1) is 13.6. The van der Waals surface area contributed by atoms with Crippen molar-refractivity contribution in [2.45, 2.75) is 38.0 Å². The van der Waals surface area contributed by atoms with Gasteiger partial charge in [-0.05, 0) is 62.4 Å². The summed E-state index contributed by atoms with van der Waals surface area (Å²) >= 11 is 0. The maximum absolute atomic E-state index is 5.66. The molecule has 2 atom stereocenters. The van der Waals surface area contributed by atoms with Gasteiger partial charge in [0.15, 0.2) is 0 Å². The number of rotatable bonds is 4. The lowest BCUT2D eigenvalue weighted by molar-refractivity contribution is 0.251. The molecule has 0 saturated carbocycles. The fourth-order valence-electron chi connectivity index (χ4n) is 2.97. The van der Waals surface area contributed by atoms with Crippen LogP contribution in [0.15, 0.2) is 24.3 Å². The molecule has 2 heteroatoms. The highest BCUT2D eigenvalue weighted by atomic mass is 15.1. The van der Waals surface area contributed by atoms with Gasteiger partial charge in [-0.15, -0.1) is 0 Å². The Bertz CT molecular complexity index is 375. The van der Waals surface area contributed by atoms with E-state index in [4.69, 9.17) is 5.73 Å². The summed E-state index contributed by atoms with van der Waals surface area (Å²) in [6.07, 6.45) is 3.73. The zero-order valence-electron chi connectivity index (χ0n) is 11.7. The van der Waals surface area contributed by atoms with Crippen LogP contribution < -0.4 is 5.73 Å². The summed E-state index contributed by atoms with van der Waals surface area (Å²) in [5, 5.41) is 0. The van der Waals surface area contributed by atoms with Crippen molar-refractivity contribution in [2.75, 3.05) is 26.7 Å². The summed E-state index contributed by atoms with van der Waals surface area (Å²) < 4.78 is 0. The Morgan fingerprint density at radius 3 is 3.00 bits per heavy atom. The molecule has 0 bridgehead atoms. The maximum atomic E-state index is 5.66. The molecule has 18 heavy (non-hydrogen) atoms. The van der Waals surface area contributed by atoms with Crippen molar-refractivity contribution in [3.8, 4) is 0 Å². The largest absolute Gasteiger partial charge is 0.330 e. The van der Waals surface area contributed by atoms with E-state index in [1.54, 1.807) is 0 Å². The van der Waals surface area contributed by atoms with E-state index in [-0.39, 0.29) is 0 Å². The average molecular weight is 246 g/mol. The highest BCUT2D eigenvalue weighted by Crippen LogP contribution is 2.29. The van der Waals surface area contributed by atoms with Crippen LogP contribution in [0.3, 0.4) is 0 Å². The van der Waals surface area contributed by atoms with Gasteiger partial charge in [-0.1, -0.05) is 31.2 Å². The molecule has 2 nitrogen and oxygen atoms in total. The lowest BCUT2D eigenvalue weighted by atomic mass is 9.87. The molecule has 1 aliphatic rings. The predicted molar refractivity (Wildman–Crippen MR) is 78.0 cm³/mol. The average Bonchev–Trinajstić information content (AvgIpc) is 2.39. The van der Waals surface area contributed by atoms with Crippen molar-refractivity contribution >= 4 is 0 Å². The van der Waals surface area contributed by atoms with Gasteiger partial charge in [0.1, 0.15) is 0 Å². The maximum Gasteiger partial charge on any atom is 0.00472 e. The Morgan fingerprint density at radius 2 is 2.28 bits per heavy atom. The third kappa shape index (κ3) is 3.33. The van der Waals surface area contributed by atoms with E-state index < -0.39 is 0 Å². The molecule has 2 rings (SSSR count). The van der Waals surface area contributed by atoms with E-state index in [0.29, 0.717) is 11.8 Å². The van der Waals surface area contributed by atoms with Gasteiger partial charge < -0.3 is 10.6 Å². The molecule has 0 radical (unpaired) electrons. The molecule has 2 unspecified atom stereocenters. The summed E-state index contributed by atoms with van der Waals surface area (Å²) in [6, 6.07) is 9.16. The first-order chi connectivity index (χ1) is 8.70. The number of likely N-dealkylation sites (N-methyl/N-ethyl adjacent to an activating group) is 1. The van der Waals surface area contributed by atoms with Gasteiger partial charge >= 0.3 is 0 Å². The molecule has 100 valence electrons. The van der Waals surface area contributed by atoms with Gasteiger partial charge in [0, 0.05) is 6.54 Å². The van der Waals surface area contributed by atoms with Gasteiger partial charge in [0.05, 0.1) is 0 Å². The molecular formula is C16H26N2. The molecule has 1 saturated heterocycles. The smallest absolute Gasteiger partial charge is 0.00472 e. The second-order valence-corrected chi connectivity index (χ2v) is 5.75. The normalized spacial score (nSPS) is 22.9. The zero-order valence-corrected chi connectivity index (χ0v) is 11.7. The Morgan fingerprint density at radius 1 is 1.44 bits per heavy atom. The van der Waals surface area contributed by atoms with Gasteiger partial charge in [-0.3, -0.25) is 0 Å². The van der Waals surface area contributed by atoms with Crippen LogP contribution in [0.5, 0.6) is 0 Å². The van der Waals surface area contributed by atoms with Crippen molar-refractivity contribution in [1.29, 1.82) is 0 Å². The number of piperidine rings is 1. The van der Waals surface area contributed by atoms with Crippen LogP contribution in [0, 0.1) is 0 Å². The van der Waals surface area contributed by atoms with Gasteiger partial charge in [0.25, 0.3) is 0 Å². The second-order valence-electron chi connectivity index (χ2n) is 5.75. The lowest BCUT2D eigenvalue weighted by Crippen LogP contribution is -2.30. The highest BCUT2D eigenvalue weighted by Gasteiger charge is 2.19. The zero-order chi connectivity index (χ0) is 13.0. The molecule has 0 aliphatic carbocycles. The van der Waals surface area contributed by atoms with Crippen LogP contribution in [0.25, 0.3) is 0 Å². The molecule has 0 spiro atoms. The summed E-state index contributed by atoms with van der Waals surface area (Å²) in [6.45, 7) is 5.50. The Labute approximate surface area is 111 Å². The molecule has 1 aromatic rings. The third-order valence-corrected chi connectivity index (χ3v) is 4.18. The van der Waals surface area contributed by atoms with Crippen LogP contribution in [-0.2, 0) is 0 Å². The summed E-state index contributed by atoms with van der Waals surface area (Å²) in [4.78, 5) is 2.45. The molecule has 2 N–H and O–H groups in total. The minimum absolute atomic E-state index is 0.580. The molecule has 1 aliphatic heterocycles. The van der Waals surface area contributed by atoms with E-state index in [2.05, 4.69) is 43.1 Å². The van der Waals surface area contributed by atoms with E-state index in [0.717, 1.165) is 13.0 Å². The SMILES string of the molecule is CC(CCN)c1cccc(C2CCCN(C)C2)c1. The number of benzene rings is 1. The molecule has 1 fully saturated rings. The van der Waals surface area contributed by atoms with E-state index in [9.17, 15) is 0 Å². The summed E-state index contributed by atoms with van der Waals surface area (Å²) in [7, 11) is 2.23. The predicted octanol–water partition coefficient (Wildman–Crippen LogP) is 2.95. The van der Waals surface area contributed by atoms with Crippen LogP contribution in [-0.4, -0.2) is 31.6 Å². The van der Waals surface area contributed by atoms with Crippen LogP contribution >= 0.6 is 0 Å². The van der Waals surface area contributed by atoms with Crippen LogP contribution in [0.1, 0.15) is 49.1 Å². The van der Waals surface area contributed by atoms with Crippen LogP contribution in [0.2, 0.25) is 0 Å². The van der Waals surface area contributed by atoms with Gasteiger partial charge in [-0.25, -0.2) is 0 Å². The first-order valence-corrected chi connectivity index (χ1v) is 7.19. The minimum atomic E-state index is 0.580. The molecule has 1 aromatic carbocycles. The lowest BCUT2D eigenvalue weighted by Gasteiger charge is -2.30. The van der Waals surface area contributed by atoms with E-state index >= 15 is 0 Å². The quantitative estimate of drug-likeness (QED) is 0.885. The van der Waals surface area contributed by atoms with Crippen molar-refractivity contribution < 1.29 is 0 Å². The number of hydrogen-bond donors (Lipinski definition) is 1. The fourth-order valence-corrected chi connectivity index (χ4v) is 2.97. The molecular weight excluding hydrogens is 220 g/mol. The van der Waals surface area contributed by atoms with Crippen molar-refractivity contribution in [3.63, 3.8) is 0 Å². The van der Waals surface area contributed by atoms with Crippen molar-refractivity contribution in [1.82, 2.24) is 4.90 Å². The Balaban J connectivity index is 2.11. The summed E-state index contributed by atoms with van der Waals surface area (Å²) in [5.74, 6) is 1.30. The molecule has 0 amide bonds.